The monoisotopic (exact) mass is 449 g/mol. The Hall–Kier alpha value is -3.22. The second-order valence-electron chi connectivity index (χ2n) is 8.60. The molecule has 2 aromatic rings. The van der Waals surface area contributed by atoms with E-state index in [1.165, 1.54) is 7.11 Å². The Kier molecular flexibility index (Phi) is 8.20. The minimum atomic E-state index is -1.05. The average molecular weight is 450 g/mol. The third-order valence-electron chi connectivity index (χ3n) is 5.61. The molecule has 0 fully saturated rings. The summed E-state index contributed by atoms with van der Waals surface area (Å²) in [6.45, 7) is 3.87. The highest BCUT2D eigenvalue weighted by Crippen LogP contribution is 2.25. The van der Waals surface area contributed by atoms with Crippen LogP contribution in [-0.2, 0) is 25.6 Å². The number of nitrogens with one attached hydrogen (secondary N) is 1. The van der Waals surface area contributed by atoms with Crippen molar-refractivity contribution in [3.05, 3.63) is 84.0 Å². The van der Waals surface area contributed by atoms with Crippen molar-refractivity contribution >= 4 is 11.9 Å². The molecule has 1 amide bonds. The van der Waals surface area contributed by atoms with Gasteiger partial charge >= 0.3 is 5.97 Å². The number of carboxylic acids is 1. The van der Waals surface area contributed by atoms with Gasteiger partial charge in [-0.3, -0.25) is 4.79 Å². The van der Waals surface area contributed by atoms with Crippen LogP contribution in [0.5, 0.6) is 0 Å². The minimum Gasteiger partial charge on any atom is -0.479 e. The van der Waals surface area contributed by atoms with Crippen LogP contribution in [0.4, 0.5) is 0 Å². The number of methoxy groups -OCH3 is 1. The lowest BCUT2D eigenvalue weighted by molar-refractivity contribution is -0.148. The lowest BCUT2D eigenvalue weighted by Gasteiger charge is -2.30. The number of allylic oxidation sites excluding steroid dienone is 2. The van der Waals surface area contributed by atoms with Crippen molar-refractivity contribution in [2.75, 3.05) is 7.11 Å². The van der Waals surface area contributed by atoms with Crippen LogP contribution in [0.25, 0.3) is 11.1 Å². The third kappa shape index (κ3) is 6.88. The van der Waals surface area contributed by atoms with Gasteiger partial charge in [-0.25, -0.2) is 4.79 Å². The van der Waals surface area contributed by atoms with Crippen LogP contribution in [0.1, 0.15) is 32.3 Å². The highest BCUT2D eigenvalue weighted by atomic mass is 16.5. The predicted octanol–water partition coefficient (Wildman–Crippen LogP) is 4.51. The largest absolute Gasteiger partial charge is 0.479 e. The minimum absolute atomic E-state index is 0.211. The Bertz CT molecular complexity index is 1030. The number of hydrogen-bond acceptors (Lipinski definition) is 4. The van der Waals surface area contributed by atoms with Gasteiger partial charge in [0.2, 0.25) is 0 Å². The van der Waals surface area contributed by atoms with E-state index in [2.05, 4.69) is 23.5 Å². The molecular formula is C27H31NO5. The number of rotatable bonds is 10. The first-order valence-corrected chi connectivity index (χ1v) is 11.0. The molecule has 0 heterocycles. The number of benzene rings is 2. The van der Waals surface area contributed by atoms with Crippen LogP contribution in [0.15, 0.2) is 78.4 Å². The summed E-state index contributed by atoms with van der Waals surface area (Å²) in [7, 11) is 1.38. The van der Waals surface area contributed by atoms with E-state index in [0.717, 1.165) is 22.3 Å². The highest BCUT2D eigenvalue weighted by Gasteiger charge is 2.32. The molecule has 0 spiro atoms. The van der Waals surface area contributed by atoms with Crippen molar-refractivity contribution < 1.29 is 24.2 Å². The van der Waals surface area contributed by atoms with Gasteiger partial charge in [-0.2, -0.15) is 0 Å². The number of carbonyl (C=O) groups is 2. The van der Waals surface area contributed by atoms with E-state index in [1.807, 2.05) is 54.6 Å². The Balaban J connectivity index is 1.56. The van der Waals surface area contributed by atoms with Gasteiger partial charge in [0, 0.05) is 20.1 Å². The Morgan fingerprint density at radius 1 is 1.12 bits per heavy atom. The van der Waals surface area contributed by atoms with E-state index in [9.17, 15) is 14.7 Å². The van der Waals surface area contributed by atoms with E-state index in [4.69, 9.17) is 9.47 Å². The van der Waals surface area contributed by atoms with Gasteiger partial charge in [-0.1, -0.05) is 72.3 Å². The zero-order valence-corrected chi connectivity index (χ0v) is 19.3. The van der Waals surface area contributed by atoms with Crippen molar-refractivity contribution in [2.45, 2.75) is 51.0 Å². The molecule has 6 heteroatoms. The lowest BCUT2D eigenvalue weighted by atomic mass is 9.96. The predicted molar refractivity (Wildman–Crippen MR) is 128 cm³/mol. The lowest BCUT2D eigenvalue weighted by Crippen LogP contribution is -2.46. The molecule has 0 saturated heterocycles. The zero-order valence-electron chi connectivity index (χ0n) is 19.3. The number of aliphatic carboxylic acids is 1. The summed E-state index contributed by atoms with van der Waals surface area (Å²) in [5.41, 5.74) is 3.08. The van der Waals surface area contributed by atoms with Crippen LogP contribution in [-0.4, -0.2) is 41.9 Å². The van der Waals surface area contributed by atoms with Gasteiger partial charge in [0.25, 0.3) is 5.91 Å². The molecule has 1 aliphatic rings. The molecule has 0 saturated carbocycles. The van der Waals surface area contributed by atoms with Crippen LogP contribution >= 0.6 is 0 Å². The Morgan fingerprint density at radius 3 is 2.55 bits per heavy atom. The Labute approximate surface area is 194 Å². The maximum absolute atomic E-state index is 12.9. The van der Waals surface area contributed by atoms with Gasteiger partial charge in [-0.05, 0) is 43.0 Å². The van der Waals surface area contributed by atoms with Crippen molar-refractivity contribution in [1.29, 1.82) is 0 Å². The van der Waals surface area contributed by atoms with Crippen molar-refractivity contribution in [2.24, 2.45) is 0 Å². The maximum Gasteiger partial charge on any atom is 0.333 e. The molecule has 2 N–H and O–H groups in total. The first-order valence-electron chi connectivity index (χ1n) is 11.0. The number of hydrogen-bond donors (Lipinski definition) is 2. The number of carboxylic acid groups (broad SMARTS) is 1. The maximum atomic E-state index is 12.9. The Morgan fingerprint density at radius 2 is 1.85 bits per heavy atom. The summed E-state index contributed by atoms with van der Waals surface area (Å²) < 4.78 is 11.1. The molecule has 0 radical (unpaired) electrons. The van der Waals surface area contributed by atoms with Gasteiger partial charge in [0.1, 0.15) is 5.60 Å². The molecule has 2 aromatic carbocycles. The summed E-state index contributed by atoms with van der Waals surface area (Å²) in [6, 6.07) is 18.2. The molecule has 3 rings (SSSR count). The highest BCUT2D eigenvalue weighted by molar-refractivity contribution is 5.84. The van der Waals surface area contributed by atoms with Gasteiger partial charge < -0.3 is 19.9 Å². The van der Waals surface area contributed by atoms with Crippen LogP contribution in [0, 0.1) is 0 Å². The smallest absolute Gasteiger partial charge is 0.333 e. The van der Waals surface area contributed by atoms with Crippen molar-refractivity contribution in [1.82, 2.24) is 5.32 Å². The molecular weight excluding hydrogens is 418 g/mol. The summed E-state index contributed by atoms with van der Waals surface area (Å²) in [4.78, 5) is 24.1. The summed E-state index contributed by atoms with van der Waals surface area (Å²) >= 11 is 0. The van der Waals surface area contributed by atoms with Crippen LogP contribution < -0.4 is 5.32 Å². The summed E-state index contributed by atoms with van der Waals surface area (Å²) in [5, 5.41) is 12.2. The molecule has 6 nitrogen and oxygen atoms in total. The molecule has 1 aliphatic carbocycles. The molecule has 0 bridgehead atoms. The molecule has 33 heavy (non-hydrogen) atoms. The number of amides is 1. The molecule has 0 aromatic heterocycles. The second-order valence-corrected chi connectivity index (χ2v) is 8.60. The third-order valence-corrected chi connectivity index (χ3v) is 5.61. The number of carbonyl (C=O) groups excluding carboxylic acids is 1. The van der Waals surface area contributed by atoms with Gasteiger partial charge in [0.05, 0.1) is 6.10 Å². The fraction of sp³-hybridized carbons (Fsp3) is 0.333. The van der Waals surface area contributed by atoms with E-state index in [0.29, 0.717) is 13.0 Å². The first-order chi connectivity index (χ1) is 15.8. The average Bonchev–Trinajstić information content (AvgIpc) is 2.81. The topological polar surface area (TPSA) is 84.9 Å². The van der Waals surface area contributed by atoms with E-state index < -0.39 is 17.7 Å². The van der Waals surface area contributed by atoms with Crippen molar-refractivity contribution in [3.63, 3.8) is 0 Å². The normalized spacial score (nSPS) is 16.7. The summed E-state index contributed by atoms with van der Waals surface area (Å²) in [5.74, 6) is -1.21. The molecule has 2 atom stereocenters. The quantitative estimate of drug-likeness (QED) is 0.558. The van der Waals surface area contributed by atoms with Gasteiger partial charge in [0.15, 0.2) is 6.10 Å². The van der Waals surface area contributed by atoms with E-state index in [1.54, 1.807) is 13.8 Å². The van der Waals surface area contributed by atoms with Crippen LogP contribution in [0.3, 0.4) is 0 Å². The fourth-order valence-corrected chi connectivity index (χ4v) is 3.77. The molecule has 1 unspecified atom stereocenters. The fourth-order valence-electron chi connectivity index (χ4n) is 3.77. The standard InChI is InChI=1S/C27H31NO5/c1-27(2,33-23-14-8-9-19(16-23)17-24(32-3)25(29)30)26(31)28-18-20-10-7-13-22(15-20)21-11-5-4-6-12-21/h4-15,23-24H,16-18H2,1-3H3,(H,28,31)(H,29,30)/t23?,24-/m0/s1. The molecule has 174 valence electrons. The first kappa shape index (κ1) is 24.4. The van der Waals surface area contributed by atoms with Crippen LogP contribution in [0.2, 0.25) is 0 Å². The zero-order chi connectivity index (χ0) is 23.8. The van der Waals surface area contributed by atoms with E-state index >= 15 is 0 Å². The number of ether oxygens (including phenoxy) is 2. The van der Waals surface area contributed by atoms with Gasteiger partial charge in [-0.15, -0.1) is 0 Å². The summed E-state index contributed by atoms with van der Waals surface area (Å²) in [6.07, 6.45) is 5.16. The van der Waals surface area contributed by atoms with E-state index in [-0.39, 0.29) is 18.4 Å². The molecule has 0 aliphatic heterocycles. The van der Waals surface area contributed by atoms with Crippen molar-refractivity contribution in [3.8, 4) is 11.1 Å². The SMILES string of the molecule is CO[C@@H](CC1=CC=CC(OC(C)(C)C(=O)NCc2cccc(-c3ccccc3)c2)C1)C(=O)O. The second kappa shape index (κ2) is 11.1.